The summed E-state index contributed by atoms with van der Waals surface area (Å²) in [5.74, 6) is 0. The SMILES string of the molecule is c1ccc2c(c1)CNC2c1cccc2cccnc12. The van der Waals surface area contributed by atoms with Crippen LogP contribution in [0.4, 0.5) is 0 Å². The van der Waals surface area contributed by atoms with E-state index in [-0.39, 0.29) is 6.04 Å². The fourth-order valence-corrected chi connectivity index (χ4v) is 2.94. The minimum atomic E-state index is 0.259. The Morgan fingerprint density at radius 3 is 2.74 bits per heavy atom. The maximum Gasteiger partial charge on any atom is 0.0753 e. The van der Waals surface area contributed by atoms with Gasteiger partial charge in [-0.05, 0) is 22.8 Å². The van der Waals surface area contributed by atoms with Crippen LogP contribution in [0.1, 0.15) is 22.7 Å². The van der Waals surface area contributed by atoms with E-state index >= 15 is 0 Å². The van der Waals surface area contributed by atoms with Crippen LogP contribution in [0.3, 0.4) is 0 Å². The average molecular weight is 246 g/mol. The largest absolute Gasteiger partial charge is 0.302 e. The van der Waals surface area contributed by atoms with E-state index in [9.17, 15) is 0 Å². The van der Waals surface area contributed by atoms with Gasteiger partial charge in [0.05, 0.1) is 11.6 Å². The first-order valence-electron chi connectivity index (χ1n) is 6.58. The fraction of sp³-hybridized carbons (Fsp3) is 0.118. The van der Waals surface area contributed by atoms with Crippen LogP contribution in [0.25, 0.3) is 10.9 Å². The molecule has 0 aliphatic carbocycles. The van der Waals surface area contributed by atoms with Crippen LogP contribution in [-0.4, -0.2) is 4.98 Å². The molecule has 1 N–H and O–H groups in total. The number of nitrogens with one attached hydrogen (secondary N) is 1. The molecule has 1 aliphatic heterocycles. The minimum Gasteiger partial charge on any atom is -0.302 e. The van der Waals surface area contributed by atoms with Crippen molar-refractivity contribution in [1.82, 2.24) is 10.3 Å². The Bertz CT molecular complexity index is 744. The van der Waals surface area contributed by atoms with Crippen molar-refractivity contribution in [3.8, 4) is 0 Å². The van der Waals surface area contributed by atoms with Crippen LogP contribution in [0.15, 0.2) is 60.8 Å². The molecule has 0 bridgehead atoms. The molecule has 4 rings (SSSR count). The molecule has 2 aromatic carbocycles. The van der Waals surface area contributed by atoms with Crippen molar-refractivity contribution < 1.29 is 0 Å². The maximum absolute atomic E-state index is 4.56. The van der Waals surface area contributed by atoms with Gasteiger partial charge in [-0.3, -0.25) is 4.98 Å². The molecule has 19 heavy (non-hydrogen) atoms. The van der Waals surface area contributed by atoms with Crippen molar-refractivity contribution in [3.05, 3.63) is 77.5 Å². The van der Waals surface area contributed by atoms with Crippen LogP contribution in [-0.2, 0) is 6.54 Å². The second-order valence-electron chi connectivity index (χ2n) is 4.94. The molecule has 1 unspecified atom stereocenters. The zero-order valence-corrected chi connectivity index (χ0v) is 10.5. The van der Waals surface area contributed by atoms with E-state index < -0.39 is 0 Å². The van der Waals surface area contributed by atoms with Gasteiger partial charge in [-0.1, -0.05) is 48.5 Å². The summed E-state index contributed by atoms with van der Waals surface area (Å²) in [7, 11) is 0. The number of hydrogen-bond acceptors (Lipinski definition) is 2. The van der Waals surface area contributed by atoms with E-state index in [1.165, 1.54) is 22.1 Å². The van der Waals surface area contributed by atoms with Gasteiger partial charge >= 0.3 is 0 Å². The van der Waals surface area contributed by atoms with Crippen molar-refractivity contribution in [3.63, 3.8) is 0 Å². The highest BCUT2D eigenvalue weighted by molar-refractivity contribution is 5.82. The molecule has 0 saturated heterocycles. The third kappa shape index (κ3) is 1.65. The van der Waals surface area contributed by atoms with Crippen molar-refractivity contribution in [2.75, 3.05) is 0 Å². The second-order valence-corrected chi connectivity index (χ2v) is 4.94. The Morgan fingerprint density at radius 2 is 1.74 bits per heavy atom. The third-order valence-electron chi connectivity index (χ3n) is 3.84. The van der Waals surface area contributed by atoms with E-state index in [1.54, 1.807) is 0 Å². The zero-order chi connectivity index (χ0) is 12.7. The molecule has 0 saturated carbocycles. The normalized spacial score (nSPS) is 17.6. The van der Waals surface area contributed by atoms with E-state index in [0.29, 0.717) is 0 Å². The number of pyridine rings is 1. The van der Waals surface area contributed by atoms with Crippen LogP contribution < -0.4 is 5.32 Å². The van der Waals surface area contributed by atoms with Gasteiger partial charge in [-0.15, -0.1) is 0 Å². The Morgan fingerprint density at radius 1 is 0.895 bits per heavy atom. The highest BCUT2D eigenvalue weighted by atomic mass is 14.9. The quantitative estimate of drug-likeness (QED) is 0.711. The van der Waals surface area contributed by atoms with E-state index in [0.717, 1.165) is 12.1 Å². The predicted octanol–water partition coefficient (Wildman–Crippen LogP) is 3.43. The predicted molar refractivity (Wildman–Crippen MR) is 76.9 cm³/mol. The highest BCUT2D eigenvalue weighted by Crippen LogP contribution is 2.33. The average Bonchev–Trinajstić information content (AvgIpc) is 2.90. The Balaban J connectivity index is 1.93. The van der Waals surface area contributed by atoms with Gasteiger partial charge in [0.2, 0.25) is 0 Å². The van der Waals surface area contributed by atoms with Crippen LogP contribution in [0.2, 0.25) is 0 Å². The summed E-state index contributed by atoms with van der Waals surface area (Å²) >= 11 is 0. The van der Waals surface area contributed by atoms with Gasteiger partial charge in [0, 0.05) is 18.1 Å². The van der Waals surface area contributed by atoms with Crippen LogP contribution >= 0.6 is 0 Å². The summed E-state index contributed by atoms with van der Waals surface area (Å²) in [5.41, 5.74) is 5.13. The molecular formula is C17H14N2. The molecule has 1 atom stereocenters. The standard InChI is InChI=1S/C17H14N2/c1-2-8-14-13(5-1)11-19-17(14)15-9-3-6-12-7-4-10-18-16(12)15/h1-10,17,19H,11H2. The van der Waals surface area contributed by atoms with Crippen LogP contribution in [0.5, 0.6) is 0 Å². The van der Waals surface area contributed by atoms with Gasteiger partial charge in [0.1, 0.15) is 0 Å². The molecule has 0 spiro atoms. The summed E-state index contributed by atoms with van der Waals surface area (Å²) in [6.07, 6.45) is 1.87. The zero-order valence-electron chi connectivity index (χ0n) is 10.5. The molecule has 1 aliphatic rings. The molecule has 2 heteroatoms. The lowest BCUT2D eigenvalue weighted by molar-refractivity contribution is 0.670. The lowest BCUT2D eigenvalue weighted by Gasteiger charge is -2.14. The molecule has 0 radical (unpaired) electrons. The summed E-state index contributed by atoms with van der Waals surface area (Å²) in [6, 6.07) is 19.4. The number of hydrogen-bond donors (Lipinski definition) is 1. The number of fused-ring (bicyclic) bond motifs is 2. The van der Waals surface area contributed by atoms with Gasteiger partial charge < -0.3 is 5.32 Å². The second kappa shape index (κ2) is 4.18. The monoisotopic (exact) mass is 246 g/mol. The molecule has 1 aromatic heterocycles. The first kappa shape index (κ1) is 10.7. The Labute approximate surface area is 112 Å². The van der Waals surface area contributed by atoms with E-state index in [1.807, 2.05) is 12.3 Å². The van der Waals surface area contributed by atoms with Crippen LogP contribution in [0, 0.1) is 0 Å². The molecule has 2 nitrogen and oxygen atoms in total. The van der Waals surface area contributed by atoms with Crippen molar-refractivity contribution in [2.24, 2.45) is 0 Å². The molecule has 0 fully saturated rings. The fourth-order valence-electron chi connectivity index (χ4n) is 2.94. The van der Waals surface area contributed by atoms with Crippen molar-refractivity contribution in [1.29, 1.82) is 0 Å². The smallest absolute Gasteiger partial charge is 0.0753 e. The van der Waals surface area contributed by atoms with Gasteiger partial charge in [-0.2, -0.15) is 0 Å². The number of benzene rings is 2. The minimum absolute atomic E-state index is 0.259. The maximum atomic E-state index is 4.56. The molecule has 0 amide bonds. The third-order valence-corrected chi connectivity index (χ3v) is 3.84. The first-order chi connectivity index (χ1) is 9.43. The summed E-state index contributed by atoms with van der Waals surface area (Å²) in [4.78, 5) is 4.56. The number of aromatic nitrogens is 1. The summed E-state index contributed by atoms with van der Waals surface area (Å²) in [5, 5.41) is 4.79. The van der Waals surface area contributed by atoms with Gasteiger partial charge in [-0.25, -0.2) is 0 Å². The van der Waals surface area contributed by atoms with Gasteiger partial charge in [0.25, 0.3) is 0 Å². The molecule has 92 valence electrons. The molecule has 2 heterocycles. The van der Waals surface area contributed by atoms with Crippen molar-refractivity contribution in [2.45, 2.75) is 12.6 Å². The topological polar surface area (TPSA) is 24.9 Å². The molecule has 3 aromatic rings. The lowest BCUT2D eigenvalue weighted by Crippen LogP contribution is -2.14. The Hall–Kier alpha value is -2.19. The highest BCUT2D eigenvalue weighted by Gasteiger charge is 2.24. The van der Waals surface area contributed by atoms with Crippen molar-refractivity contribution >= 4 is 10.9 Å². The summed E-state index contributed by atoms with van der Waals surface area (Å²) < 4.78 is 0. The first-order valence-corrected chi connectivity index (χ1v) is 6.58. The summed E-state index contributed by atoms with van der Waals surface area (Å²) in [6.45, 7) is 0.935. The molecular weight excluding hydrogens is 232 g/mol. The number of nitrogens with zero attached hydrogens (tertiary/aromatic N) is 1. The number of rotatable bonds is 1. The Kier molecular flexibility index (Phi) is 2.35. The lowest BCUT2D eigenvalue weighted by atomic mass is 9.96. The number of para-hydroxylation sites is 1. The van der Waals surface area contributed by atoms with Gasteiger partial charge in [0.15, 0.2) is 0 Å². The van der Waals surface area contributed by atoms with E-state index in [4.69, 9.17) is 0 Å². The van der Waals surface area contributed by atoms with E-state index in [2.05, 4.69) is 58.8 Å².